The molecule has 19 heavy (non-hydrogen) atoms. The van der Waals surface area contributed by atoms with Crippen molar-refractivity contribution in [3.05, 3.63) is 45.9 Å². The largest absolute Gasteiger partial charge is 0.478 e. The van der Waals surface area contributed by atoms with Crippen LogP contribution in [0.5, 0.6) is 10.9 Å². The third-order valence-corrected chi connectivity index (χ3v) is 2.85. The monoisotopic (exact) mass is 284 g/mol. The molecule has 0 unspecified atom stereocenters. The minimum atomic E-state index is -1.37. The molecule has 0 spiro atoms. The Morgan fingerprint density at radius 3 is 2.84 bits per heavy atom. The fourth-order valence-electron chi connectivity index (χ4n) is 1.23. The molecule has 9 heteroatoms. The Hall–Kier alpha value is -2.55. The molecular weight excluding hydrogens is 279 g/mol. The molecule has 7 nitrogen and oxygen atoms in total. The highest BCUT2D eigenvalue weighted by Gasteiger charge is 2.17. The first-order valence-electron chi connectivity index (χ1n) is 4.78. The first kappa shape index (κ1) is 12.9. The van der Waals surface area contributed by atoms with Gasteiger partial charge in [-0.05, 0) is 29.5 Å². The van der Waals surface area contributed by atoms with Crippen LogP contribution in [0.4, 0.5) is 9.39 Å². The molecule has 1 N–H and O–H groups in total. The summed E-state index contributed by atoms with van der Waals surface area (Å²) in [5.41, 5.74) is -0.391. The molecule has 1 aromatic heterocycles. The van der Waals surface area contributed by atoms with Crippen LogP contribution in [0.2, 0.25) is 0 Å². The van der Waals surface area contributed by atoms with E-state index in [0.717, 1.165) is 24.4 Å². The molecule has 0 saturated heterocycles. The summed E-state index contributed by atoms with van der Waals surface area (Å²) in [6.07, 6.45) is 0.990. The van der Waals surface area contributed by atoms with E-state index in [9.17, 15) is 19.3 Å². The number of carboxylic acids is 1. The van der Waals surface area contributed by atoms with Gasteiger partial charge < -0.3 is 9.84 Å². The van der Waals surface area contributed by atoms with Crippen LogP contribution in [0, 0.1) is 15.9 Å². The summed E-state index contributed by atoms with van der Waals surface area (Å²) in [6.45, 7) is 0. The fourth-order valence-corrected chi connectivity index (χ4v) is 1.83. The quantitative estimate of drug-likeness (QED) is 0.684. The number of carboxylic acid groups (broad SMARTS) is 1. The zero-order valence-corrected chi connectivity index (χ0v) is 9.89. The van der Waals surface area contributed by atoms with E-state index in [-0.39, 0.29) is 15.9 Å². The Labute approximate surface area is 109 Å². The molecule has 98 valence electrons. The van der Waals surface area contributed by atoms with Crippen LogP contribution in [0.1, 0.15) is 10.4 Å². The number of halogens is 1. The van der Waals surface area contributed by atoms with Crippen molar-refractivity contribution in [3.63, 3.8) is 0 Å². The van der Waals surface area contributed by atoms with Crippen molar-refractivity contribution in [1.29, 1.82) is 0 Å². The lowest BCUT2D eigenvalue weighted by Crippen LogP contribution is -2.00. The highest BCUT2D eigenvalue weighted by Crippen LogP contribution is 2.32. The number of nitro groups is 1. The minimum Gasteiger partial charge on any atom is -0.478 e. The molecule has 0 amide bonds. The Kier molecular flexibility index (Phi) is 3.38. The number of hydrogen-bond acceptors (Lipinski definition) is 6. The van der Waals surface area contributed by atoms with Crippen LogP contribution in [0.15, 0.2) is 24.4 Å². The second-order valence-electron chi connectivity index (χ2n) is 3.27. The Morgan fingerprint density at radius 1 is 1.53 bits per heavy atom. The van der Waals surface area contributed by atoms with Crippen molar-refractivity contribution in [2.75, 3.05) is 0 Å². The Balaban J connectivity index is 2.32. The smallest absolute Gasteiger partial charge is 0.347 e. The van der Waals surface area contributed by atoms with Gasteiger partial charge in [0.05, 0.1) is 4.92 Å². The van der Waals surface area contributed by atoms with Crippen molar-refractivity contribution >= 4 is 22.3 Å². The van der Waals surface area contributed by atoms with E-state index < -0.39 is 22.3 Å². The summed E-state index contributed by atoms with van der Waals surface area (Å²) in [5.74, 6) is -2.24. The predicted octanol–water partition coefficient (Wildman–Crippen LogP) is 2.68. The van der Waals surface area contributed by atoms with E-state index in [2.05, 4.69) is 4.98 Å². The molecule has 0 aliphatic rings. The van der Waals surface area contributed by atoms with Crippen molar-refractivity contribution < 1.29 is 24.0 Å². The third kappa shape index (κ3) is 2.83. The van der Waals surface area contributed by atoms with Gasteiger partial charge in [-0.2, -0.15) is 0 Å². The van der Waals surface area contributed by atoms with Crippen molar-refractivity contribution in [2.45, 2.75) is 0 Å². The first-order valence-corrected chi connectivity index (χ1v) is 5.60. The van der Waals surface area contributed by atoms with Crippen LogP contribution >= 0.6 is 11.3 Å². The standard InChI is InChI=1S/C10H5FN2O5S/c11-5-1-2-7(6(3-5)9(14)15)18-10-12-4-8(19-10)13(16)17/h1-4H,(H,14,15). The topological polar surface area (TPSA) is 103 Å². The van der Waals surface area contributed by atoms with Crippen LogP contribution in [0.25, 0.3) is 0 Å². The number of carbonyl (C=O) groups is 1. The predicted molar refractivity (Wildman–Crippen MR) is 62.2 cm³/mol. The van der Waals surface area contributed by atoms with Gasteiger partial charge in [-0.3, -0.25) is 10.1 Å². The molecule has 0 atom stereocenters. The lowest BCUT2D eigenvalue weighted by atomic mass is 10.2. The molecule has 0 aliphatic heterocycles. The van der Waals surface area contributed by atoms with Gasteiger partial charge in [0, 0.05) is 0 Å². The molecule has 0 fully saturated rings. The zero-order chi connectivity index (χ0) is 14.0. The highest BCUT2D eigenvalue weighted by molar-refractivity contribution is 7.16. The van der Waals surface area contributed by atoms with E-state index in [1.165, 1.54) is 0 Å². The van der Waals surface area contributed by atoms with Gasteiger partial charge in [0.2, 0.25) is 0 Å². The van der Waals surface area contributed by atoms with E-state index >= 15 is 0 Å². The number of benzene rings is 1. The van der Waals surface area contributed by atoms with Crippen molar-refractivity contribution in [1.82, 2.24) is 4.98 Å². The zero-order valence-electron chi connectivity index (χ0n) is 9.07. The lowest BCUT2D eigenvalue weighted by molar-refractivity contribution is -0.380. The van der Waals surface area contributed by atoms with Crippen LogP contribution in [0.3, 0.4) is 0 Å². The van der Waals surface area contributed by atoms with Crippen molar-refractivity contribution in [3.8, 4) is 10.9 Å². The Morgan fingerprint density at radius 2 is 2.26 bits per heavy atom. The normalized spacial score (nSPS) is 10.2. The molecule has 0 radical (unpaired) electrons. The molecule has 0 bridgehead atoms. The fraction of sp³-hybridized carbons (Fsp3) is 0. The van der Waals surface area contributed by atoms with Crippen molar-refractivity contribution in [2.24, 2.45) is 0 Å². The average Bonchev–Trinajstić information content (AvgIpc) is 2.80. The Bertz CT molecular complexity index is 657. The molecule has 0 saturated carbocycles. The van der Waals surface area contributed by atoms with E-state index in [4.69, 9.17) is 9.84 Å². The number of rotatable bonds is 4. The third-order valence-electron chi connectivity index (χ3n) is 2.02. The number of aromatic nitrogens is 1. The van der Waals surface area contributed by atoms with Crippen LogP contribution in [-0.2, 0) is 0 Å². The molecule has 0 aliphatic carbocycles. The van der Waals surface area contributed by atoms with E-state index in [1.54, 1.807) is 0 Å². The summed E-state index contributed by atoms with van der Waals surface area (Å²) < 4.78 is 18.0. The maximum absolute atomic E-state index is 12.9. The number of thiazole rings is 1. The van der Waals surface area contributed by atoms with Gasteiger partial charge in [-0.1, -0.05) is 0 Å². The molecule has 2 rings (SSSR count). The second-order valence-corrected chi connectivity index (χ2v) is 4.24. The number of nitrogens with zero attached hydrogens (tertiary/aromatic N) is 2. The molecule has 1 heterocycles. The second kappa shape index (κ2) is 4.98. The minimum absolute atomic E-state index is 0.0965. The summed E-state index contributed by atoms with van der Waals surface area (Å²) in [7, 11) is 0. The molecule has 2 aromatic rings. The summed E-state index contributed by atoms with van der Waals surface area (Å²) >= 11 is 0.641. The average molecular weight is 284 g/mol. The van der Waals surface area contributed by atoms with E-state index in [0.29, 0.717) is 11.3 Å². The molecule has 1 aromatic carbocycles. The molecular formula is C10H5FN2O5S. The summed E-state index contributed by atoms with van der Waals surface area (Å²) in [6, 6.07) is 2.93. The maximum Gasteiger partial charge on any atom is 0.347 e. The summed E-state index contributed by atoms with van der Waals surface area (Å²) in [5, 5.41) is 19.0. The van der Waals surface area contributed by atoms with Crippen LogP contribution in [-0.4, -0.2) is 21.0 Å². The first-order chi connectivity index (χ1) is 8.97. The van der Waals surface area contributed by atoms with Gasteiger partial charge in [-0.15, -0.1) is 0 Å². The van der Waals surface area contributed by atoms with Gasteiger partial charge in [0.1, 0.15) is 23.3 Å². The summed E-state index contributed by atoms with van der Waals surface area (Å²) in [4.78, 5) is 24.3. The van der Waals surface area contributed by atoms with E-state index in [1.807, 2.05) is 0 Å². The SMILES string of the molecule is O=C(O)c1cc(F)ccc1Oc1ncc([N+](=O)[O-])s1. The van der Waals surface area contributed by atoms with Gasteiger partial charge >= 0.3 is 11.0 Å². The lowest BCUT2D eigenvalue weighted by Gasteiger charge is -2.05. The maximum atomic E-state index is 12.9. The highest BCUT2D eigenvalue weighted by atomic mass is 32.1. The number of aromatic carboxylic acids is 1. The van der Waals surface area contributed by atoms with Gasteiger partial charge in [-0.25, -0.2) is 14.2 Å². The van der Waals surface area contributed by atoms with Gasteiger partial charge in [0.25, 0.3) is 5.19 Å². The van der Waals surface area contributed by atoms with Crippen LogP contribution < -0.4 is 4.74 Å². The number of hydrogen-bond donors (Lipinski definition) is 1. The van der Waals surface area contributed by atoms with Gasteiger partial charge in [0.15, 0.2) is 0 Å². The number of ether oxygens (including phenoxy) is 1.